The second kappa shape index (κ2) is 12.2. The number of benzene rings is 2. The highest BCUT2D eigenvalue weighted by molar-refractivity contribution is 7.99. The van der Waals surface area contributed by atoms with Gasteiger partial charge in [-0.2, -0.15) is 0 Å². The van der Waals surface area contributed by atoms with E-state index in [4.69, 9.17) is 4.74 Å². The fourth-order valence-corrected chi connectivity index (χ4v) is 6.59. The maximum atomic E-state index is 13.8. The third-order valence-electron chi connectivity index (χ3n) is 6.17. The van der Waals surface area contributed by atoms with E-state index in [1.807, 2.05) is 30.5 Å². The number of hydrogen-bond donors (Lipinski definition) is 0. The summed E-state index contributed by atoms with van der Waals surface area (Å²) in [5, 5.41) is 12.3. The molecule has 13 heteroatoms. The molecule has 0 amide bonds. The molecule has 2 aromatic carbocycles. The Hall–Kier alpha value is -4.07. The number of allylic oxidation sites excluding steroid dienone is 1. The van der Waals surface area contributed by atoms with Gasteiger partial charge in [0.25, 0.3) is 11.2 Å². The van der Waals surface area contributed by atoms with E-state index in [9.17, 15) is 19.7 Å². The monoisotopic (exact) mass is 605 g/mol. The number of esters is 1. The molecular formula is C28H23N5O5S3. The molecule has 0 radical (unpaired) electrons. The zero-order valence-electron chi connectivity index (χ0n) is 22.1. The first-order valence-corrected chi connectivity index (χ1v) is 15.2. The van der Waals surface area contributed by atoms with Crippen molar-refractivity contribution in [3.05, 3.63) is 113 Å². The highest BCUT2D eigenvalue weighted by Crippen LogP contribution is 2.34. The smallest absolute Gasteiger partial charge is 0.338 e. The number of nitro groups is 1. The lowest BCUT2D eigenvalue weighted by Gasteiger charge is -2.24. The average molecular weight is 606 g/mol. The summed E-state index contributed by atoms with van der Waals surface area (Å²) in [7, 11) is 0. The van der Waals surface area contributed by atoms with Crippen LogP contribution in [0.15, 0.2) is 96.9 Å². The summed E-state index contributed by atoms with van der Waals surface area (Å²) in [6.45, 7) is 3.63. The molecule has 0 spiro atoms. The number of thioether (sulfide) groups is 1. The first-order chi connectivity index (χ1) is 19.8. The summed E-state index contributed by atoms with van der Waals surface area (Å²) >= 11 is 3.83. The van der Waals surface area contributed by atoms with Crippen molar-refractivity contribution in [3.63, 3.8) is 0 Å². The molecule has 0 bridgehead atoms. The molecule has 2 aromatic heterocycles. The van der Waals surface area contributed by atoms with Crippen LogP contribution in [0.25, 0.3) is 6.08 Å². The molecule has 5 rings (SSSR count). The van der Waals surface area contributed by atoms with Gasteiger partial charge in [0.1, 0.15) is 0 Å². The number of rotatable bonds is 8. The molecule has 10 nitrogen and oxygen atoms in total. The molecule has 0 aliphatic carbocycles. The molecule has 3 heterocycles. The largest absolute Gasteiger partial charge is 0.463 e. The van der Waals surface area contributed by atoms with Gasteiger partial charge in [-0.3, -0.25) is 19.5 Å². The maximum Gasteiger partial charge on any atom is 0.338 e. The molecule has 1 aliphatic rings. The van der Waals surface area contributed by atoms with Gasteiger partial charge in [0.2, 0.25) is 0 Å². The Morgan fingerprint density at radius 3 is 2.59 bits per heavy atom. The topological polar surface area (TPSA) is 130 Å². The van der Waals surface area contributed by atoms with Gasteiger partial charge < -0.3 is 4.74 Å². The number of fused-ring (bicyclic) bond motifs is 1. The van der Waals surface area contributed by atoms with E-state index >= 15 is 0 Å². The highest BCUT2D eigenvalue weighted by atomic mass is 32.2. The minimum Gasteiger partial charge on any atom is -0.463 e. The van der Waals surface area contributed by atoms with Crippen molar-refractivity contribution in [2.24, 2.45) is 4.99 Å². The molecule has 0 saturated heterocycles. The van der Waals surface area contributed by atoms with Crippen LogP contribution in [0.5, 0.6) is 0 Å². The van der Waals surface area contributed by atoms with Gasteiger partial charge in [-0.25, -0.2) is 19.8 Å². The van der Waals surface area contributed by atoms with Crippen molar-refractivity contribution >= 4 is 52.6 Å². The molecule has 0 unspecified atom stereocenters. The minimum atomic E-state index is -0.734. The van der Waals surface area contributed by atoms with E-state index in [0.29, 0.717) is 36.2 Å². The van der Waals surface area contributed by atoms with E-state index in [0.717, 1.165) is 33.6 Å². The first kappa shape index (κ1) is 28.5. The highest BCUT2D eigenvalue weighted by Gasteiger charge is 2.33. The fourth-order valence-electron chi connectivity index (χ4n) is 4.33. The van der Waals surface area contributed by atoms with Gasteiger partial charge in [-0.15, -0.1) is 11.8 Å². The number of thiazole rings is 1. The summed E-state index contributed by atoms with van der Waals surface area (Å²) in [5.41, 5.74) is 1.49. The zero-order valence-corrected chi connectivity index (χ0v) is 24.6. The number of nitro benzene ring substituents is 1. The van der Waals surface area contributed by atoms with Crippen LogP contribution in [0.3, 0.4) is 0 Å². The van der Waals surface area contributed by atoms with Crippen LogP contribution < -0.4 is 14.9 Å². The molecule has 0 fully saturated rings. The van der Waals surface area contributed by atoms with E-state index in [-0.39, 0.29) is 17.9 Å². The molecular weight excluding hydrogens is 583 g/mol. The van der Waals surface area contributed by atoms with Crippen LogP contribution in [0.2, 0.25) is 0 Å². The third-order valence-corrected chi connectivity index (χ3v) is 8.85. The predicted octanol–water partition coefficient (Wildman–Crippen LogP) is 4.37. The Kier molecular flexibility index (Phi) is 8.47. The molecule has 208 valence electrons. The number of hydrogen-bond acceptors (Lipinski definition) is 11. The number of aromatic nitrogens is 3. The maximum absolute atomic E-state index is 13.8. The van der Waals surface area contributed by atoms with Crippen LogP contribution in [0, 0.1) is 10.1 Å². The number of ether oxygens (including phenoxy) is 1. The van der Waals surface area contributed by atoms with Crippen LogP contribution in [-0.4, -0.2) is 38.3 Å². The van der Waals surface area contributed by atoms with Crippen molar-refractivity contribution in [1.82, 2.24) is 14.5 Å². The van der Waals surface area contributed by atoms with Crippen LogP contribution in [0.4, 0.5) is 5.69 Å². The molecule has 41 heavy (non-hydrogen) atoms. The summed E-state index contributed by atoms with van der Waals surface area (Å²) in [6.07, 6.45) is 6.70. The standard InChI is InChI=1S/C28H23N5O5S3/c1-4-38-26(35)23-16(2)31-28-32(24(23)18-7-9-19(39-3)10-8-18)25(34)22(41-28)15-17-6-11-21(20(14-17)33(36)37)40-27-29-12-5-13-30-27/h5-15,24H,4H2,1-3H3/b22-15+/t24-/m0/s1. The van der Waals surface area contributed by atoms with Crippen molar-refractivity contribution in [2.75, 3.05) is 12.9 Å². The van der Waals surface area contributed by atoms with Gasteiger partial charge in [-0.05, 0) is 73.3 Å². The van der Waals surface area contributed by atoms with Gasteiger partial charge in [0, 0.05) is 23.4 Å². The summed E-state index contributed by atoms with van der Waals surface area (Å²) in [5.74, 6) is -0.534. The Bertz CT molecular complexity index is 1850. The summed E-state index contributed by atoms with van der Waals surface area (Å²) in [6, 6.07) is 13.3. The van der Waals surface area contributed by atoms with Crippen molar-refractivity contribution in [1.29, 1.82) is 0 Å². The fraction of sp³-hybridized carbons (Fsp3) is 0.179. The predicted molar refractivity (Wildman–Crippen MR) is 158 cm³/mol. The lowest BCUT2D eigenvalue weighted by molar-refractivity contribution is -0.387. The number of carbonyl (C=O) groups is 1. The third kappa shape index (κ3) is 5.87. The van der Waals surface area contributed by atoms with Crippen molar-refractivity contribution in [3.8, 4) is 0 Å². The van der Waals surface area contributed by atoms with E-state index < -0.39 is 16.9 Å². The Balaban J connectivity index is 1.62. The lowest BCUT2D eigenvalue weighted by Crippen LogP contribution is -2.39. The van der Waals surface area contributed by atoms with Gasteiger partial charge in [-0.1, -0.05) is 29.5 Å². The molecule has 0 saturated carbocycles. The molecule has 1 aliphatic heterocycles. The van der Waals surface area contributed by atoms with Gasteiger partial charge >= 0.3 is 5.97 Å². The normalized spacial score (nSPS) is 14.9. The van der Waals surface area contributed by atoms with E-state index in [1.54, 1.807) is 62.3 Å². The molecule has 1 atom stereocenters. The van der Waals surface area contributed by atoms with Gasteiger partial charge in [0.15, 0.2) is 9.96 Å². The Labute approximate surface area is 246 Å². The quantitative estimate of drug-likeness (QED) is 0.0945. The number of nitrogens with zero attached hydrogens (tertiary/aromatic N) is 5. The Morgan fingerprint density at radius 2 is 1.93 bits per heavy atom. The van der Waals surface area contributed by atoms with Crippen molar-refractivity contribution in [2.45, 2.75) is 34.8 Å². The van der Waals surface area contributed by atoms with Gasteiger partial charge in [0.05, 0.1) is 38.3 Å². The van der Waals surface area contributed by atoms with Crippen molar-refractivity contribution < 1.29 is 14.5 Å². The summed E-state index contributed by atoms with van der Waals surface area (Å²) in [4.78, 5) is 53.0. The minimum absolute atomic E-state index is 0.129. The summed E-state index contributed by atoms with van der Waals surface area (Å²) < 4.78 is 7.16. The van der Waals surface area contributed by atoms with Crippen LogP contribution >= 0.6 is 34.9 Å². The SMILES string of the molecule is CCOC(=O)C1=C(C)N=c2s/c(=C/c3ccc(Sc4ncccn4)c([N+](=O)[O-])c3)c(=O)n2[C@H]1c1ccc(SC)cc1. The molecule has 0 N–H and O–H groups in total. The lowest BCUT2D eigenvalue weighted by atomic mass is 9.96. The van der Waals surface area contributed by atoms with E-state index in [1.165, 1.54) is 10.6 Å². The number of carbonyl (C=O) groups excluding carboxylic acids is 1. The molecule has 4 aromatic rings. The second-order valence-corrected chi connectivity index (χ2v) is 11.6. The average Bonchev–Trinajstić information content (AvgIpc) is 3.27. The second-order valence-electron chi connectivity index (χ2n) is 8.69. The first-order valence-electron chi connectivity index (χ1n) is 12.4. The zero-order chi connectivity index (χ0) is 29.1. The van der Waals surface area contributed by atoms with Crippen LogP contribution in [-0.2, 0) is 9.53 Å². The van der Waals surface area contributed by atoms with Crippen LogP contribution in [0.1, 0.15) is 31.0 Å². The Morgan fingerprint density at radius 1 is 1.20 bits per heavy atom. The van der Waals surface area contributed by atoms with E-state index in [2.05, 4.69) is 15.0 Å².